The van der Waals surface area contributed by atoms with E-state index in [1.54, 1.807) is 7.11 Å². The Kier molecular flexibility index (Phi) is 5.16. The van der Waals surface area contributed by atoms with Crippen LogP contribution in [0.1, 0.15) is 4.88 Å². The first-order valence-electron chi connectivity index (χ1n) is 5.99. The number of hydrogen-bond donors (Lipinski definition) is 2. The number of amides is 1. The van der Waals surface area contributed by atoms with Crippen LogP contribution in [0.5, 0.6) is 0 Å². The molecule has 0 atom stereocenters. The van der Waals surface area contributed by atoms with Crippen LogP contribution >= 0.6 is 23.1 Å². The zero-order valence-electron chi connectivity index (χ0n) is 11.2. The molecule has 0 aliphatic rings. The van der Waals surface area contributed by atoms with Gasteiger partial charge in [0, 0.05) is 18.5 Å². The minimum atomic E-state index is -0.165. The van der Waals surface area contributed by atoms with Gasteiger partial charge in [0.15, 0.2) is 5.16 Å². The molecule has 2 rings (SSSR count). The van der Waals surface area contributed by atoms with Crippen molar-refractivity contribution < 1.29 is 9.53 Å². The Morgan fingerprint density at radius 1 is 1.60 bits per heavy atom. The Morgan fingerprint density at radius 2 is 2.40 bits per heavy atom. The number of nitrogens with zero attached hydrogens (tertiary/aromatic N) is 1. The molecule has 0 spiro atoms. The van der Waals surface area contributed by atoms with Crippen molar-refractivity contribution in [3.63, 3.8) is 0 Å². The summed E-state index contributed by atoms with van der Waals surface area (Å²) in [6.45, 7) is 2.89. The van der Waals surface area contributed by atoms with Gasteiger partial charge < -0.3 is 15.0 Å². The van der Waals surface area contributed by atoms with Crippen molar-refractivity contribution in [3.8, 4) is 0 Å². The highest BCUT2D eigenvalue weighted by molar-refractivity contribution is 7.99. The Hall–Kier alpha value is -1.38. The number of hydrogen-bond acceptors (Lipinski definition) is 6. The second-order valence-corrected chi connectivity index (χ2v) is 6.28. The normalized spacial score (nSPS) is 10.9. The average molecular weight is 313 g/mol. The lowest BCUT2D eigenvalue weighted by Crippen LogP contribution is -2.28. The molecule has 2 heterocycles. The summed E-state index contributed by atoms with van der Waals surface area (Å²) >= 11 is 2.68. The number of ether oxygens (including phenoxy) is 1. The van der Waals surface area contributed by atoms with Gasteiger partial charge in [0.25, 0.3) is 5.56 Å². The molecule has 8 heteroatoms. The number of carbonyl (C=O) groups excluding carboxylic acids is 1. The van der Waals surface area contributed by atoms with Crippen molar-refractivity contribution in [3.05, 3.63) is 21.3 Å². The number of rotatable bonds is 6. The van der Waals surface area contributed by atoms with Crippen LogP contribution in [-0.4, -0.2) is 41.9 Å². The van der Waals surface area contributed by atoms with Gasteiger partial charge in [0.2, 0.25) is 5.91 Å². The molecule has 108 valence electrons. The van der Waals surface area contributed by atoms with Crippen LogP contribution in [0.3, 0.4) is 0 Å². The van der Waals surface area contributed by atoms with Crippen LogP contribution in [0.25, 0.3) is 10.2 Å². The van der Waals surface area contributed by atoms with E-state index in [1.807, 2.05) is 13.0 Å². The fourth-order valence-electron chi connectivity index (χ4n) is 1.58. The smallest absolute Gasteiger partial charge is 0.260 e. The van der Waals surface area contributed by atoms with Gasteiger partial charge in [-0.2, -0.15) is 0 Å². The summed E-state index contributed by atoms with van der Waals surface area (Å²) in [6, 6.07) is 1.82. The van der Waals surface area contributed by atoms with E-state index in [0.717, 1.165) is 4.88 Å². The molecule has 0 bridgehead atoms. The lowest BCUT2D eigenvalue weighted by molar-refractivity contribution is -0.118. The number of aromatic nitrogens is 2. The first-order chi connectivity index (χ1) is 9.60. The van der Waals surface area contributed by atoms with Gasteiger partial charge in [-0.25, -0.2) is 4.98 Å². The first-order valence-corrected chi connectivity index (χ1v) is 7.79. The topological polar surface area (TPSA) is 84.1 Å². The molecule has 6 nitrogen and oxygen atoms in total. The molecular formula is C12H15N3O3S2. The van der Waals surface area contributed by atoms with Gasteiger partial charge in [-0.05, 0) is 13.0 Å². The number of thioether (sulfide) groups is 1. The summed E-state index contributed by atoms with van der Waals surface area (Å²) in [5.74, 6) is 0.0971. The average Bonchev–Trinajstić information content (AvgIpc) is 2.78. The fourth-order valence-corrected chi connectivity index (χ4v) is 3.21. The van der Waals surface area contributed by atoms with Crippen LogP contribution in [0.15, 0.2) is 16.0 Å². The van der Waals surface area contributed by atoms with E-state index in [-0.39, 0.29) is 17.2 Å². The van der Waals surface area contributed by atoms with E-state index >= 15 is 0 Å². The van der Waals surface area contributed by atoms with Crippen molar-refractivity contribution in [1.82, 2.24) is 15.3 Å². The van der Waals surface area contributed by atoms with Crippen molar-refractivity contribution in [2.24, 2.45) is 0 Å². The van der Waals surface area contributed by atoms with Gasteiger partial charge in [-0.1, -0.05) is 11.8 Å². The van der Waals surface area contributed by atoms with Crippen LogP contribution in [0.2, 0.25) is 0 Å². The molecule has 0 unspecified atom stereocenters. The van der Waals surface area contributed by atoms with Gasteiger partial charge in [-0.15, -0.1) is 11.3 Å². The van der Waals surface area contributed by atoms with Gasteiger partial charge >= 0.3 is 0 Å². The van der Waals surface area contributed by atoms with Gasteiger partial charge in [0.05, 0.1) is 17.7 Å². The fraction of sp³-hybridized carbons (Fsp3) is 0.417. The molecule has 2 aromatic heterocycles. The largest absolute Gasteiger partial charge is 0.383 e. The molecule has 0 saturated heterocycles. The van der Waals surface area contributed by atoms with Gasteiger partial charge in [0.1, 0.15) is 4.83 Å². The number of aromatic amines is 1. The van der Waals surface area contributed by atoms with Crippen molar-refractivity contribution >= 4 is 39.2 Å². The number of methoxy groups -OCH3 is 1. The van der Waals surface area contributed by atoms with E-state index in [9.17, 15) is 9.59 Å². The molecule has 2 aromatic rings. The van der Waals surface area contributed by atoms with E-state index in [1.165, 1.54) is 23.1 Å². The number of nitrogens with one attached hydrogen (secondary N) is 2. The van der Waals surface area contributed by atoms with E-state index < -0.39 is 0 Å². The number of thiophene rings is 1. The molecule has 20 heavy (non-hydrogen) atoms. The minimum absolute atomic E-state index is 0.114. The van der Waals surface area contributed by atoms with E-state index in [2.05, 4.69) is 15.3 Å². The Balaban J connectivity index is 1.99. The monoisotopic (exact) mass is 313 g/mol. The van der Waals surface area contributed by atoms with E-state index in [0.29, 0.717) is 28.5 Å². The lowest BCUT2D eigenvalue weighted by Gasteiger charge is -2.03. The Bertz CT molecular complexity index is 666. The quantitative estimate of drug-likeness (QED) is 0.475. The van der Waals surface area contributed by atoms with E-state index in [4.69, 9.17) is 4.74 Å². The highest BCUT2D eigenvalue weighted by Crippen LogP contribution is 2.22. The Morgan fingerprint density at radius 3 is 3.15 bits per heavy atom. The third kappa shape index (κ3) is 3.81. The zero-order valence-corrected chi connectivity index (χ0v) is 12.8. The number of H-pyrrole nitrogens is 1. The molecule has 0 aliphatic heterocycles. The van der Waals surface area contributed by atoms with Crippen molar-refractivity contribution in [2.75, 3.05) is 26.0 Å². The third-order valence-corrected chi connectivity index (χ3v) is 4.29. The number of fused-ring (bicyclic) bond motifs is 1. The maximum atomic E-state index is 11.8. The second-order valence-electron chi connectivity index (χ2n) is 4.08. The summed E-state index contributed by atoms with van der Waals surface area (Å²) in [6.07, 6.45) is 0. The second kappa shape index (κ2) is 6.87. The molecule has 0 fully saturated rings. The highest BCUT2D eigenvalue weighted by atomic mass is 32.2. The molecular weight excluding hydrogens is 298 g/mol. The van der Waals surface area contributed by atoms with Crippen LogP contribution in [-0.2, 0) is 9.53 Å². The molecule has 0 saturated carbocycles. The molecule has 0 aliphatic carbocycles. The van der Waals surface area contributed by atoms with Crippen LogP contribution in [0, 0.1) is 6.92 Å². The lowest BCUT2D eigenvalue weighted by atomic mass is 10.4. The number of carbonyl (C=O) groups is 1. The standard InChI is InChI=1S/C12H15N3O3S2/c1-7-5-8-10(17)14-12(15-11(8)20-7)19-6-9(16)13-3-4-18-2/h5H,3-4,6H2,1-2H3,(H,13,16)(H,14,15,17). The minimum Gasteiger partial charge on any atom is -0.383 e. The molecule has 1 amide bonds. The van der Waals surface area contributed by atoms with Crippen molar-refractivity contribution in [1.29, 1.82) is 0 Å². The predicted octanol–water partition coefficient (Wildman–Crippen LogP) is 1.15. The first kappa shape index (κ1) is 15.0. The predicted molar refractivity (Wildman–Crippen MR) is 80.6 cm³/mol. The van der Waals surface area contributed by atoms with Crippen LogP contribution < -0.4 is 10.9 Å². The summed E-state index contributed by atoms with van der Waals surface area (Å²) in [5.41, 5.74) is -0.165. The molecule has 2 N–H and O–H groups in total. The molecule has 0 radical (unpaired) electrons. The van der Waals surface area contributed by atoms with Crippen molar-refractivity contribution in [2.45, 2.75) is 12.1 Å². The molecule has 0 aromatic carbocycles. The maximum absolute atomic E-state index is 11.8. The maximum Gasteiger partial charge on any atom is 0.260 e. The summed E-state index contributed by atoms with van der Waals surface area (Å²) < 4.78 is 4.84. The zero-order chi connectivity index (χ0) is 14.5. The Labute approximate surface area is 123 Å². The highest BCUT2D eigenvalue weighted by Gasteiger charge is 2.09. The summed E-state index contributed by atoms with van der Waals surface area (Å²) in [4.78, 5) is 32.2. The summed E-state index contributed by atoms with van der Waals surface area (Å²) in [7, 11) is 1.58. The SMILES string of the molecule is COCCNC(=O)CSc1nc2sc(C)cc2c(=O)[nH]1. The van der Waals surface area contributed by atoms with Gasteiger partial charge in [-0.3, -0.25) is 9.59 Å². The number of aryl methyl sites for hydroxylation is 1. The van der Waals surface area contributed by atoms with Crippen LogP contribution in [0.4, 0.5) is 0 Å². The third-order valence-electron chi connectivity index (χ3n) is 2.47. The summed E-state index contributed by atoms with van der Waals surface area (Å²) in [5, 5.41) is 3.77.